The summed E-state index contributed by atoms with van der Waals surface area (Å²) in [5, 5.41) is 6.98. The molecule has 0 N–H and O–H groups in total. The van der Waals surface area contributed by atoms with Crippen LogP contribution in [0, 0.1) is 5.92 Å². The molecule has 29 heavy (non-hydrogen) atoms. The van der Waals surface area contributed by atoms with Gasteiger partial charge in [0, 0.05) is 28.4 Å². The molecule has 4 rings (SSSR count). The first-order valence-electron chi connectivity index (χ1n) is 8.93. The zero-order chi connectivity index (χ0) is 20.8. The molecule has 0 amide bonds. The van der Waals surface area contributed by atoms with E-state index in [2.05, 4.69) is 15.2 Å². The van der Waals surface area contributed by atoms with E-state index in [1.54, 1.807) is 31.2 Å². The topological polar surface area (TPSA) is 88.7 Å². The van der Waals surface area contributed by atoms with Gasteiger partial charge in [-0.15, -0.1) is 10.2 Å². The largest absolute Gasteiger partial charge is 0.415 e. The Morgan fingerprint density at radius 3 is 2.69 bits per heavy atom. The van der Waals surface area contributed by atoms with Gasteiger partial charge in [-0.3, -0.25) is 9.30 Å². The van der Waals surface area contributed by atoms with Crippen molar-refractivity contribution < 1.29 is 21.6 Å². The van der Waals surface area contributed by atoms with E-state index in [0.717, 1.165) is 0 Å². The van der Waals surface area contributed by atoms with Gasteiger partial charge in [-0.05, 0) is 31.0 Å². The minimum atomic E-state index is -3.58. The fraction of sp³-hybridized carbons (Fsp3) is 0.389. The van der Waals surface area contributed by atoms with Crippen LogP contribution in [0.3, 0.4) is 0 Å². The molecule has 0 saturated heterocycles. The van der Waals surface area contributed by atoms with Gasteiger partial charge < -0.3 is 4.42 Å². The molecular weight excluding hydrogens is 426 g/mol. The van der Waals surface area contributed by atoms with Gasteiger partial charge >= 0.3 is 6.43 Å². The summed E-state index contributed by atoms with van der Waals surface area (Å²) in [5.74, 6) is -1.19. The molecule has 1 aliphatic carbocycles. The van der Waals surface area contributed by atoms with E-state index >= 15 is 0 Å². The molecule has 2 heterocycles. The van der Waals surface area contributed by atoms with E-state index in [-0.39, 0.29) is 18.4 Å². The minimum absolute atomic E-state index is 0.0101. The molecule has 11 heteroatoms. The fourth-order valence-corrected chi connectivity index (χ4v) is 5.06. The normalized spacial score (nSPS) is 19.4. The number of nitrogens with zero attached hydrogens (tertiary/aromatic N) is 4. The Balaban J connectivity index is 1.58. The predicted molar refractivity (Wildman–Crippen MR) is 105 cm³/mol. The summed E-state index contributed by atoms with van der Waals surface area (Å²) in [4.78, 5) is 4.31. The third kappa shape index (κ3) is 3.91. The molecule has 0 bridgehead atoms. The minimum Gasteiger partial charge on any atom is -0.415 e. The average molecular weight is 443 g/mol. The molecule has 2 aliphatic rings. The highest BCUT2D eigenvalue weighted by molar-refractivity contribution is 7.93. The van der Waals surface area contributed by atoms with Crippen LogP contribution >= 0.6 is 11.6 Å². The summed E-state index contributed by atoms with van der Waals surface area (Å²) in [6.45, 7) is 1.79. The van der Waals surface area contributed by atoms with Gasteiger partial charge in [-0.25, -0.2) is 8.42 Å². The molecule has 7 nitrogen and oxygen atoms in total. The fourth-order valence-electron chi connectivity index (χ4n) is 3.07. The van der Waals surface area contributed by atoms with E-state index in [4.69, 9.17) is 16.0 Å². The van der Waals surface area contributed by atoms with Crippen molar-refractivity contribution >= 4 is 38.6 Å². The highest BCUT2D eigenvalue weighted by atomic mass is 35.5. The summed E-state index contributed by atoms with van der Waals surface area (Å²) >= 11 is 6.06. The highest BCUT2D eigenvalue weighted by Gasteiger charge is 2.41. The zero-order valence-corrected chi connectivity index (χ0v) is 16.9. The van der Waals surface area contributed by atoms with Gasteiger partial charge in [-0.2, -0.15) is 8.78 Å². The molecule has 2 aromatic rings. The van der Waals surface area contributed by atoms with Crippen LogP contribution in [0.1, 0.15) is 38.0 Å². The van der Waals surface area contributed by atoms with Gasteiger partial charge in [0.15, 0.2) is 0 Å². The van der Waals surface area contributed by atoms with E-state index in [9.17, 15) is 17.2 Å². The van der Waals surface area contributed by atoms with Crippen molar-refractivity contribution in [2.75, 3.05) is 10.8 Å². The van der Waals surface area contributed by atoms with Crippen LogP contribution in [0.15, 0.2) is 39.9 Å². The summed E-state index contributed by atoms with van der Waals surface area (Å²) in [6, 6.07) is 6.61. The molecule has 0 radical (unpaired) electrons. The quantitative estimate of drug-likeness (QED) is 0.644. The number of anilines is 1. The maximum atomic E-state index is 13.0. The molecule has 1 aliphatic heterocycles. The highest BCUT2D eigenvalue weighted by Crippen LogP contribution is 2.36. The second kappa shape index (κ2) is 7.49. The molecular formula is C18H17ClF2N4O3S. The summed E-state index contributed by atoms with van der Waals surface area (Å²) in [7, 11) is -3.58. The Morgan fingerprint density at radius 1 is 1.31 bits per heavy atom. The van der Waals surface area contributed by atoms with E-state index < -0.39 is 27.6 Å². The van der Waals surface area contributed by atoms with Crippen molar-refractivity contribution in [3.63, 3.8) is 0 Å². The van der Waals surface area contributed by atoms with E-state index in [0.29, 0.717) is 34.8 Å². The third-order valence-corrected chi connectivity index (χ3v) is 7.37. The second-order valence-electron chi connectivity index (χ2n) is 6.90. The van der Waals surface area contributed by atoms with Gasteiger partial charge in [0.1, 0.15) is 0 Å². The lowest BCUT2D eigenvalue weighted by Crippen LogP contribution is -2.39. The lowest BCUT2D eigenvalue weighted by atomic mass is 9.98. The number of aromatic nitrogens is 2. The average Bonchev–Trinajstić information content (AvgIpc) is 3.32. The summed E-state index contributed by atoms with van der Waals surface area (Å²) < 4.78 is 57.8. The van der Waals surface area contributed by atoms with E-state index in [1.165, 1.54) is 10.5 Å². The van der Waals surface area contributed by atoms with Crippen LogP contribution in [0.25, 0.3) is 5.57 Å². The van der Waals surface area contributed by atoms with Crippen molar-refractivity contribution in [2.24, 2.45) is 10.9 Å². The Kier molecular flexibility index (Phi) is 5.16. The van der Waals surface area contributed by atoms with Crippen LogP contribution in [0.5, 0.6) is 0 Å². The van der Waals surface area contributed by atoms with Gasteiger partial charge in [0.2, 0.25) is 15.9 Å². The van der Waals surface area contributed by atoms with Gasteiger partial charge in [-0.1, -0.05) is 24.6 Å². The van der Waals surface area contributed by atoms with Crippen molar-refractivity contribution in [3.8, 4) is 0 Å². The summed E-state index contributed by atoms with van der Waals surface area (Å²) in [5.41, 5.74) is 1.46. The maximum absolute atomic E-state index is 13.0. The van der Waals surface area contributed by atoms with Crippen LogP contribution < -0.4 is 4.31 Å². The number of sulfonamides is 1. The van der Waals surface area contributed by atoms with Crippen LogP contribution in [0.4, 0.5) is 14.5 Å². The van der Waals surface area contributed by atoms with Crippen molar-refractivity contribution in [3.05, 3.63) is 47.3 Å². The third-order valence-electron chi connectivity index (χ3n) is 4.86. The Hall–Kier alpha value is -2.33. The lowest BCUT2D eigenvalue weighted by molar-refractivity contribution is 0.114. The monoisotopic (exact) mass is 442 g/mol. The van der Waals surface area contributed by atoms with Crippen LogP contribution in [-0.4, -0.2) is 36.1 Å². The van der Waals surface area contributed by atoms with Crippen molar-refractivity contribution in [2.45, 2.75) is 31.4 Å². The number of rotatable bonds is 7. The number of allylic oxidation sites excluding steroid dienone is 1. The standard InChI is InChI=1S/C18H17ClF2N4O3S/c1-10-14(17-23-24-18(28-17)16(20)21)8-22-15(10)9-25(29(26,27)13-5-6-13)12-4-2-3-11(19)7-12/h2-4,7-8,10,13,16H,5-6,9H2,1H3. The van der Waals surface area contributed by atoms with Crippen molar-refractivity contribution in [1.82, 2.24) is 10.2 Å². The molecule has 1 aromatic heterocycles. The molecule has 1 unspecified atom stereocenters. The number of halogens is 3. The second-order valence-corrected chi connectivity index (χ2v) is 9.48. The van der Waals surface area contributed by atoms with Crippen LogP contribution in [-0.2, 0) is 10.0 Å². The van der Waals surface area contributed by atoms with E-state index in [1.807, 2.05) is 0 Å². The van der Waals surface area contributed by atoms with Crippen molar-refractivity contribution in [1.29, 1.82) is 0 Å². The number of benzene rings is 1. The van der Waals surface area contributed by atoms with Gasteiger partial charge in [0.25, 0.3) is 5.89 Å². The summed E-state index contributed by atoms with van der Waals surface area (Å²) in [6.07, 6.45) is -0.189. The van der Waals surface area contributed by atoms with Gasteiger partial charge in [0.05, 0.1) is 17.5 Å². The number of aliphatic imine (C=N–C) groups is 1. The number of alkyl halides is 2. The van der Waals surface area contributed by atoms with Crippen LogP contribution in [0.2, 0.25) is 5.02 Å². The molecule has 154 valence electrons. The zero-order valence-electron chi connectivity index (χ0n) is 15.3. The molecule has 1 saturated carbocycles. The molecule has 1 fully saturated rings. The first kappa shape index (κ1) is 20.0. The SMILES string of the molecule is CC1C(c2nnc(C(F)F)o2)=CN=C1CN(c1cccc(Cl)c1)S(=O)(=O)C1CC1. The molecule has 1 atom stereocenters. The number of hydrogen-bond donors (Lipinski definition) is 0. The predicted octanol–water partition coefficient (Wildman–Crippen LogP) is 4.09. The Labute approximate surface area is 171 Å². The first-order valence-corrected chi connectivity index (χ1v) is 10.8. The molecule has 1 aromatic carbocycles. The lowest BCUT2D eigenvalue weighted by Gasteiger charge is -2.26. The Morgan fingerprint density at radius 2 is 2.07 bits per heavy atom. The molecule has 0 spiro atoms. The Bertz CT molecular complexity index is 1100. The number of hydrogen-bond acceptors (Lipinski definition) is 6. The first-order chi connectivity index (χ1) is 13.8. The smallest absolute Gasteiger partial charge is 0.314 e. The maximum Gasteiger partial charge on any atom is 0.314 e.